The van der Waals surface area contributed by atoms with Crippen LogP contribution in [0.5, 0.6) is 0 Å². The SMILES string of the molecule is COC(=O)c1[nH]c2c(c1C)C(=O)C[C@H](c1ccc(N(C)C)cc1)C2. The van der Waals surface area contributed by atoms with Gasteiger partial charge in [-0.1, -0.05) is 12.1 Å². The number of methoxy groups -OCH3 is 1. The number of nitrogens with one attached hydrogen (secondary N) is 1. The number of anilines is 1. The molecule has 0 radical (unpaired) electrons. The van der Waals surface area contributed by atoms with Crippen molar-refractivity contribution < 1.29 is 14.3 Å². The van der Waals surface area contributed by atoms with E-state index in [-0.39, 0.29) is 11.7 Å². The highest BCUT2D eigenvalue weighted by atomic mass is 16.5. The second kappa shape index (κ2) is 6.15. The van der Waals surface area contributed by atoms with Crippen molar-refractivity contribution >= 4 is 17.4 Å². The van der Waals surface area contributed by atoms with Gasteiger partial charge in [-0.2, -0.15) is 0 Å². The van der Waals surface area contributed by atoms with Gasteiger partial charge in [0.15, 0.2) is 5.78 Å². The van der Waals surface area contributed by atoms with Crippen molar-refractivity contribution in [3.63, 3.8) is 0 Å². The van der Waals surface area contributed by atoms with Gasteiger partial charge in [0.05, 0.1) is 7.11 Å². The maximum atomic E-state index is 12.6. The fraction of sp³-hybridized carbons (Fsp3) is 0.368. The standard InChI is InChI=1S/C19H22N2O3/c1-11-17-15(20-18(11)19(23)24-4)9-13(10-16(17)22)12-5-7-14(8-6-12)21(2)3/h5-8,13,20H,9-10H2,1-4H3/t13-/m1/s1. The van der Waals surface area contributed by atoms with E-state index in [0.29, 0.717) is 23.2 Å². The molecule has 0 unspecified atom stereocenters. The number of ketones is 1. The maximum Gasteiger partial charge on any atom is 0.354 e. The molecule has 0 spiro atoms. The van der Waals surface area contributed by atoms with Gasteiger partial charge in [-0.25, -0.2) is 4.79 Å². The van der Waals surface area contributed by atoms with E-state index in [4.69, 9.17) is 4.74 Å². The van der Waals surface area contributed by atoms with Gasteiger partial charge in [-0.3, -0.25) is 4.79 Å². The third-order valence-electron chi connectivity index (χ3n) is 4.76. The molecule has 24 heavy (non-hydrogen) atoms. The van der Waals surface area contributed by atoms with Crippen molar-refractivity contribution in [3.05, 3.63) is 52.3 Å². The van der Waals surface area contributed by atoms with E-state index in [0.717, 1.165) is 23.4 Å². The van der Waals surface area contributed by atoms with Crippen LogP contribution in [0.25, 0.3) is 0 Å². The Morgan fingerprint density at radius 2 is 1.88 bits per heavy atom. The number of aromatic nitrogens is 1. The molecule has 1 heterocycles. The zero-order valence-corrected chi connectivity index (χ0v) is 14.5. The summed E-state index contributed by atoms with van der Waals surface area (Å²) in [4.78, 5) is 29.6. The van der Waals surface area contributed by atoms with Crippen LogP contribution < -0.4 is 4.90 Å². The predicted octanol–water partition coefficient (Wildman–Crippen LogP) is 3.09. The van der Waals surface area contributed by atoms with E-state index in [9.17, 15) is 9.59 Å². The molecule has 2 aromatic rings. The minimum atomic E-state index is -0.429. The number of fused-ring (bicyclic) bond motifs is 1. The highest BCUT2D eigenvalue weighted by molar-refractivity contribution is 6.03. The van der Waals surface area contributed by atoms with Crippen LogP contribution in [0, 0.1) is 6.92 Å². The number of esters is 1. The summed E-state index contributed by atoms with van der Waals surface area (Å²) in [6, 6.07) is 8.29. The van der Waals surface area contributed by atoms with Crippen LogP contribution in [0.2, 0.25) is 0 Å². The third-order valence-corrected chi connectivity index (χ3v) is 4.76. The molecule has 1 aliphatic carbocycles. The van der Waals surface area contributed by atoms with E-state index in [2.05, 4.69) is 29.2 Å². The minimum Gasteiger partial charge on any atom is -0.464 e. The van der Waals surface area contributed by atoms with Crippen molar-refractivity contribution in [2.24, 2.45) is 0 Å². The van der Waals surface area contributed by atoms with Gasteiger partial charge in [-0.05, 0) is 42.5 Å². The van der Waals surface area contributed by atoms with Gasteiger partial charge in [-0.15, -0.1) is 0 Å². The van der Waals surface area contributed by atoms with Crippen LogP contribution >= 0.6 is 0 Å². The van der Waals surface area contributed by atoms with Crippen LogP contribution in [0.4, 0.5) is 5.69 Å². The van der Waals surface area contributed by atoms with Gasteiger partial charge < -0.3 is 14.6 Å². The summed E-state index contributed by atoms with van der Waals surface area (Å²) in [7, 11) is 5.35. The Balaban J connectivity index is 1.92. The smallest absolute Gasteiger partial charge is 0.354 e. The van der Waals surface area contributed by atoms with E-state index >= 15 is 0 Å². The number of aromatic amines is 1. The van der Waals surface area contributed by atoms with Gasteiger partial charge in [0, 0.05) is 37.5 Å². The predicted molar refractivity (Wildman–Crippen MR) is 93.0 cm³/mol. The van der Waals surface area contributed by atoms with E-state index < -0.39 is 5.97 Å². The Hall–Kier alpha value is -2.56. The van der Waals surface area contributed by atoms with Crippen molar-refractivity contribution in [1.29, 1.82) is 0 Å². The highest BCUT2D eigenvalue weighted by Gasteiger charge is 2.32. The molecule has 0 fully saturated rings. The largest absolute Gasteiger partial charge is 0.464 e. The molecule has 1 atom stereocenters. The first-order chi connectivity index (χ1) is 11.4. The quantitative estimate of drug-likeness (QED) is 0.881. The Labute approximate surface area is 141 Å². The number of H-pyrrole nitrogens is 1. The third kappa shape index (κ3) is 2.70. The number of rotatable bonds is 3. The number of hydrogen-bond acceptors (Lipinski definition) is 4. The summed E-state index contributed by atoms with van der Waals surface area (Å²) in [5, 5.41) is 0. The Kier molecular flexibility index (Phi) is 4.18. The van der Waals surface area contributed by atoms with Gasteiger partial charge in [0.1, 0.15) is 5.69 Å². The number of ether oxygens (including phenoxy) is 1. The van der Waals surface area contributed by atoms with Gasteiger partial charge >= 0.3 is 5.97 Å². The van der Waals surface area contributed by atoms with E-state index in [1.54, 1.807) is 6.92 Å². The average Bonchev–Trinajstić information content (AvgIpc) is 2.91. The summed E-state index contributed by atoms with van der Waals surface area (Å²) >= 11 is 0. The molecule has 1 N–H and O–H groups in total. The summed E-state index contributed by atoms with van der Waals surface area (Å²) in [5.41, 5.74) is 4.86. The van der Waals surface area contributed by atoms with Crippen molar-refractivity contribution in [1.82, 2.24) is 4.98 Å². The zero-order chi connectivity index (χ0) is 17.4. The summed E-state index contributed by atoms with van der Waals surface area (Å²) in [5.74, 6) is -0.215. The monoisotopic (exact) mass is 326 g/mol. The van der Waals surface area contributed by atoms with Crippen LogP contribution in [-0.2, 0) is 11.2 Å². The maximum absolute atomic E-state index is 12.6. The van der Waals surface area contributed by atoms with Crippen molar-refractivity contribution in [3.8, 4) is 0 Å². The topological polar surface area (TPSA) is 62.4 Å². The molecule has 3 rings (SSSR count). The van der Waals surface area contributed by atoms with Crippen molar-refractivity contribution in [2.75, 3.05) is 26.1 Å². The average molecular weight is 326 g/mol. The first kappa shape index (κ1) is 16.3. The fourth-order valence-electron chi connectivity index (χ4n) is 3.42. The lowest BCUT2D eigenvalue weighted by atomic mass is 9.81. The lowest BCUT2D eigenvalue weighted by Gasteiger charge is -2.23. The Morgan fingerprint density at radius 1 is 1.21 bits per heavy atom. The molecule has 126 valence electrons. The lowest BCUT2D eigenvalue weighted by Crippen LogP contribution is -2.18. The highest BCUT2D eigenvalue weighted by Crippen LogP contribution is 2.35. The normalized spacial score (nSPS) is 16.7. The number of carbonyl (C=O) groups is 2. The molecular formula is C19H22N2O3. The van der Waals surface area contributed by atoms with Gasteiger partial charge in [0.2, 0.25) is 0 Å². The van der Waals surface area contributed by atoms with Gasteiger partial charge in [0.25, 0.3) is 0 Å². The molecule has 5 heteroatoms. The molecule has 0 amide bonds. The molecule has 1 aromatic carbocycles. The molecule has 0 saturated carbocycles. The Bertz CT molecular complexity index is 788. The van der Waals surface area contributed by atoms with Crippen molar-refractivity contribution in [2.45, 2.75) is 25.7 Å². The number of benzene rings is 1. The number of carbonyl (C=O) groups excluding carboxylic acids is 2. The molecule has 1 aliphatic rings. The van der Waals surface area contributed by atoms with Crippen LogP contribution in [0.3, 0.4) is 0 Å². The lowest BCUT2D eigenvalue weighted by molar-refractivity contribution is 0.0593. The molecule has 5 nitrogen and oxygen atoms in total. The summed E-state index contributed by atoms with van der Waals surface area (Å²) in [6.45, 7) is 1.80. The molecule has 0 bridgehead atoms. The van der Waals surface area contributed by atoms with E-state index in [1.807, 2.05) is 19.0 Å². The number of Topliss-reactive ketones (excluding diaryl/α,β-unsaturated/α-hetero) is 1. The van der Waals surface area contributed by atoms with E-state index in [1.165, 1.54) is 7.11 Å². The Morgan fingerprint density at radius 3 is 2.46 bits per heavy atom. The number of hydrogen-bond donors (Lipinski definition) is 1. The van der Waals surface area contributed by atoms with Crippen LogP contribution in [-0.4, -0.2) is 37.9 Å². The molecule has 0 saturated heterocycles. The minimum absolute atomic E-state index is 0.0850. The van der Waals surface area contributed by atoms with Crippen LogP contribution in [0.1, 0.15) is 50.0 Å². The molecule has 0 aliphatic heterocycles. The summed E-state index contributed by atoms with van der Waals surface area (Å²) < 4.78 is 4.79. The zero-order valence-electron chi connectivity index (χ0n) is 14.5. The number of nitrogens with zero attached hydrogens (tertiary/aromatic N) is 1. The fourth-order valence-corrected chi connectivity index (χ4v) is 3.42. The second-order valence-electron chi connectivity index (χ2n) is 6.48. The first-order valence-corrected chi connectivity index (χ1v) is 8.02. The second-order valence-corrected chi connectivity index (χ2v) is 6.48. The molecular weight excluding hydrogens is 304 g/mol. The molecule has 1 aromatic heterocycles. The summed E-state index contributed by atoms with van der Waals surface area (Å²) in [6.07, 6.45) is 1.19. The van der Waals surface area contributed by atoms with Crippen LogP contribution in [0.15, 0.2) is 24.3 Å². The first-order valence-electron chi connectivity index (χ1n) is 8.02.